The second-order valence-corrected chi connectivity index (χ2v) is 7.70. The van der Waals surface area contributed by atoms with Gasteiger partial charge >= 0.3 is 0 Å². The number of benzene rings is 1. The van der Waals surface area contributed by atoms with Crippen LogP contribution in [0.3, 0.4) is 0 Å². The fourth-order valence-corrected chi connectivity index (χ4v) is 3.67. The van der Waals surface area contributed by atoms with Gasteiger partial charge in [-0.25, -0.2) is 0 Å². The van der Waals surface area contributed by atoms with Gasteiger partial charge < -0.3 is 19.9 Å². The van der Waals surface area contributed by atoms with E-state index in [0.29, 0.717) is 18.2 Å². The van der Waals surface area contributed by atoms with Crippen molar-refractivity contribution in [3.8, 4) is 0 Å². The second kappa shape index (κ2) is 9.33. The van der Waals surface area contributed by atoms with Crippen LogP contribution >= 0.6 is 12.2 Å². The number of rotatable bonds is 7. The predicted octanol–water partition coefficient (Wildman–Crippen LogP) is 3.49. The zero-order valence-corrected chi connectivity index (χ0v) is 17.0. The molecule has 0 unspecified atom stereocenters. The molecule has 0 amide bonds. The molecule has 1 aliphatic heterocycles. The lowest BCUT2D eigenvalue weighted by Gasteiger charge is -2.28. The number of unbranched alkanes of at least 4 members (excludes halogenated alkanes) is 1. The summed E-state index contributed by atoms with van der Waals surface area (Å²) in [7, 11) is 0. The first-order chi connectivity index (χ1) is 13.1. The zero-order chi connectivity index (χ0) is 19.2. The normalized spacial score (nSPS) is 16.6. The quantitative estimate of drug-likeness (QED) is 0.563. The Morgan fingerprint density at radius 2 is 2.26 bits per heavy atom. The molecule has 1 aliphatic rings. The van der Waals surface area contributed by atoms with Gasteiger partial charge in [-0.05, 0) is 62.0 Å². The maximum Gasteiger partial charge on any atom is 0.253 e. The maximum atomic E-state index is 12.6. The summed E-state index contributed by atoms with van der Waals surface area (Å²) in [5.41, 5.74) is 2.71. The smallest absolute Gasteiger partial charge is 0.253 e. The number of hydrogen-bond acceptors (Lipinski definition) is 3. The predicted molar refractivity (Wildman–Crippen MR) is 114 cm³/mol. The van der Waals surface area contributed by atoms with Crippen molar-refractivity contribution in [1.29, 1.82) is 0 Å². The largest absolute Gasteiger partial charge is 0.376 e. The van der Waals surface area contributed by atoms with Gasteiger partial charge in [0.1, 0.15) is 0 Å². The molecule has 2 aromatic rings. The van der Waals surface area contributed by atoms with Crippen LogP contribution in [-0.4, -0.2) is 40.8 Å². The molecule has 0 bridgehead atoms. The van der Waals surface area contributed by atoms with E-state index in [-0.39, 0.29) is 11.7 Å². The van der Waals surface area contributed by atoms with E-state index in [1.54, 1.807) is 0 Å². The first kappa shape index (κ1) is 19.8. The Balaban J connectivity index is 1.81. The number of thiocarbonyl (C=S) groups is 1. The van der Waals surface area contributed by atoms with Crippen molar-refractivity contribution in [2.75, 3.05) is 19.7 Å². The fraction of sp³-hybridized carbons (Fsp3) is 0.524. The topological polar surface area (TPSA) is 57.4 Å². The number of aromatic nitrogens is 1. The summed E-state index contributed by atoms with van der Waals surface area (Å²) in [5, 5.41) is 5.08. The van der Waals surface area contributed by atoms with Gasteiger partial charge in [0.15, 0.2) is 5.11 Å². The van der Waals surface area contributed by atoms with Gasteiger partial charge in [0, 0.05) is 30.8 Å². The van der Waals surface area contributed by atoms with Crippen LogP contribution in [0.2, 0.25) is 0 Å². The van der Waals surface area contributed by atoms with Gasteiger partial charge in [0.25, 0.3) is 5.56 Å². The first-order valence-corrected chi connectivity index (χ1v) is 10.2. The molecule has 27 heavy (non-hydrogen) atoms. The standard InChI is InChI=1S/C21H29N3O2S/c1-3-4-9-22-21(27)24(14-18-6-5-10-26-18)13-17-12-16-11-15(2)7-8-19(16)23-20(17)25/h7-8,11-12,18H,3-6,9-10,13-14H2,1-2H3,(H,22,27)(H,23,25)/t18-/m1/s1. The molecular weight excluding hydrogens is 358 g/mol. The zero-order valence-electron chi connectivity index (χ0n) is 16.2. The number of aromatic amines is 1. The van der Waals surface area contributed by atoms with Gasteiger partial charge in [-0.2, -0.15) is 0 Å². The number of H-pyrrole nitrogens is 1. The average Bonchev–Trinajstić information content (AvgIpc) is 3.15. The van der Waals surface area contributed by atoms with Crippen molar-refractivity contribution in [2.24, 2.45) is 0 Å². The molecule has 5 nitrogen and oxygen atoms in total. The highest BCUT2D eigenvalue weighted by Gasteiger charge is 2.22. The molecule has 2 N–H and O–H groups in total. The number of aryl methyl sites for hydroxylation is 1. The molecule has 3 rings (SSSR count). The SMILES string of the molecule is CCCCNC(=S)N(Cc1cc2cc(C)ccc2[nH]c1=O)C[C@H]1CCCO1. The van der Waals surface area contributed by atoms with Gasteiger partial charge in [-0.15, -0.1) is 0 Å². The van der Waals surface area contributed by atoms with E-state index in [2.05, 4.69) is 35.1 Å². The summed E-state index contributed by atoms with van der Waals surface area (Å²) < 4.78 is 5.80. The van der Waals surface area contributed by atoms with Crippen LogP contribution < -0.4 is 10.9 Å². The van der Waals surface area contributed by atoms with E-state index < -0.39 is 0 Å². The highest BCUT2D eigenvalue weighted by atomic mass is 32.1. The number of nitrogens with zero attached hydrogens (tertiary/aromatic N) is 1. The van der Waals surface area contributed by atoms with Gasteiger partial charge in [-0.1, -0.05) is 25.0 Å². The van der Waals surface area contributed by atoms with Crippen molar-refractivity contribution in [3.63, 3.8) is 0 Å². The van der Waals surface area contributed by atoms with E-state index in [9.17, 15) is 4.79 Å². The molecule has 0 radical (unpaired) electrons. The first-order valence-electron chi connectivity index (χ1n) is 9.83. The molecule has 1 saturated heterocycles. The molecule has 0 aliphatic carbocycles. The molecule has 1 atom stereocenters. The Bertz CT molecular complexity index is 843. The van der Waals surface area contributed by atoms with Crippen molar-refractivity contribution >= 4 is 28.2 Å². The maximum absolute atomic E-state index is 12.6. The van der Waals surface area contributed by atoms with Gasteiger partial charge in [-0.3, -0.25) is 4.79 Å². The average molecular weight is 388 g/mol. The van der Waals surface area contributed by atoms with Crippen LogP contribution in [0.1, 0.15) is 43.7 Å². The lowest BCUT2D eigenvalue weighted by atomic mass is 10.1. The van der Waals surface area contributed by atoms with E-state index in [4.69, 9.17) is 17.0 Å². The van der Waals surface area contributed by atoms with Gasteiger partial charge in [0.05, 0.1) is 12.6 Å². The van der Waals surface area contributed by atoms with Crippen molar-refractivity contribution < 1.29 is 4.74 Å². The Kier molecular flexibility index (Phi) is 6.85. The minimum atomic E-state index is -0.0555. The third kappa shape index (κ3) is 5.30. The summed E-state index contributed by atoms with van der Waals surface area (Å²) in [6.07, 6.45) is 4.50. The third-order valence-electron chi connectivity index (χ3n) is 4.98. The molecule has 146 valence electrons. The van der Waals surface area contributed by atoms with Crippen molar-refractivity contribution in [2.45, 2.75) is 52.2 Å². The molecule has 0 saturated carbocycles. The summed E-state index contributed by atoms with van der Waals surface area (Å²) in [4.78, 5) is 17.7. The van der Waals surface area contributed by atoms with Crippen molar-refractivity contribution in [3.05, 3.63) is 45.7 Å². The fourth-order valence-electron chi connectivity index (χ4n) is 3.43. The van der Waals surface area contributed by atoms with Crippen LogP contribution in [0.25, 0.3) is 10.9 Å². The molecule has 1 aromatic carbocycles. The minimum absolute atomic E-state index is 0.0555. The molecule has 0 spiro atoms. The third-order valence-corrected chi connectivity index (χ3v) is 5.38. The van der Waals surface area contributed by atoms with Crippen LogP contribution in [-0.2, 0) is 11.3 Å². The molecule has 1 fully saturated rings. The number of hydrogen-bond donors (Lipinski definition) is 2. The van der Waals surface area contributed by atoms with Gasteiger partial charge in [0.2, 0.25) is 0 Å². The van der Waals surface area contributed by atoms with Crippen LogP contribution in [0, 0.1) is 6.92 Å². The van der Waals surface area contributed by atoms with Crippen LogP contribution in [0.5, 0.6) is 0 Å². The lowest BCUT2D eigenvalue weighted by Crippen LogP contribution is -2.44. The summed E-state index contributed by atoms with van der Waals surface area (Å²) in [6, 6.07) is 8.04. The summed E-state index contributed by atoms with van der Waals surface area (Å²) in [5.74, 6) is 0. The van der Waals surface area contributed by atoms with E-state index >= 15 is 0 Å². The number of pyridine rings is 1. The molecule has 6 heteroatoms. The monoisotopic (exact) mass is 387 g/mol. The Morgan fingerprint density at radius 1 is 1.41 bits per heavy atom. The van der Waals surface area contributed by atoms with Crippen LogP contribution in [0.4, 0.5) is 0 Å². The Labute approximate surface area is 166 Å². The Hall–Kier alpha value is -1.92. The molecular formula is C21H29N3O2S. The number of ether oxygens (including phenoxy) is 1. The minimum Gasteiger partial charge on any atom is -0.376 e. The molecule has 1 aromatic heterocycles. The molecule has 2 heterocycles. The summed E-state index contributed by atoms with van der Waals surface area (Å²) in [6.45, 7) is 7.07. The lowest BCUT2D eigenvalue weighted by molar-refractivity contribution is 0.0897. The number of nitrogens with one attached hydrogen (secondary N) is 2. The highest BCUT2D eigenvalue weighted by Crippen LogP contribution is 2.17. The summed E-state index contributed by atoms with van der Waals surface area (Å²) >= 11 is 5.63. The Morgan fingerprint density at radius 3 is 3.00 bits per heavy atom. The highest BCUT2D eigenvalue weighted by molar-refractivity contribution is 7.80. The number of fused-ring (bicyclic) bond motifs is 1. The van der Waals surface area contributed by atoms with E-state index in [1.165, 1.54) is 5.56 Å². The van der Waals surface area contributed by atoms with E-state index in [0.717, 1.165) is 55.3 Å². The van der Waals surface area contributed by atoms with E-state index in [1.807, 2.05) is 18.2 Å². The van der Waals surface area contributed by atoms with Crippen molar-refractivity contribution in [1.82, 2.24) is 15.2 Å². The second-order valence-electron chi connectivity index (χ2n) is 7.32. The van der Waals surface area contributed by atoms with Crippen LogP contribution in [0.15, 0.2) is 29.1 Å².